The third-order valence-corrected chi connectivity index (χ3v) is 7.27. The monoisotopic (exact) mass is 506 g/mol. The van der Waals surface area contributed by atoms with Gasteiger partial charge in [-0.25, -0.2) is 4.98 Å². The number of hydrogen-bond acceptors (Lipinski definition) is 5. The van der Waals surface area contributed by atoms with Crippen molar-refractivity contribution in [3.63, 3.8) is 0 Å². The molecule has 2 aliphatic carbocycles. The molecule has 3 aromatic rings. The molecular formula is C27H31FN6O3. The molecule has 3 heterocycles. The van der Waals surface area contributed by atoms with E-state index in [1.54, 1.807) is 36.0 Å². The van der Waals surface area contributed by atoms with Gasteiger partial charge in [-0.2, -0.15) is 14.2 Å². The molecule has 9 nitrogen and oxygen atoms in total. The average Bonchev–Trinajstić information content (AvgIpc) is 3.80. The van der Waals surface area contributed by atoms with E-state index in [4.69, 9.17) is 0 Å². The van der Waals surface area contributed by atoms with Crippen molar-refractivity contribution in [2.45, 2.75) is 58.5 Å². The first-order chi connectivity index (χ1) is 17.7. The van der Waals surface area contributed by atoms with Gasteiger partial charge in [0.1, 0.15) is 17.6 Å². The van der Waals surface area contributed by atoms with Crippen LogP contribution in [0.3, 0.4) is 0 Å². The van der Waals surface area contributed by atoms with Crippen LogP contribution in [-0.2, 0) is 4.79 Å². The van der Waals surface area contributed by atoms with E-state index in [1.807, 2.05) is 13.8 Å². The Morgan fingerprint density at radius 3 is 2.43 bits per heavy atom. The van der Waals surface area contributed by atoms with Gasteiger partial charge in [0.25, 0.3) is 5.91 Å². The summed E-state index contributed by atoms with van der Waals surface area (Å²) in [5.41, 5.74) is 1.33. The van der Waals surface area contributed by atoms with Crippen molar-refractivity contribution < 1.29 is 18.7 Å². The van der Waals surface area contributed by atoms with Crippen LogP contribution in [0.1, 0.15) is 61.8 Å². The Labute approximate surface area is 214 Å². The summed E-state index contributed by atoms with van der Waals surface area (Å²) in [4.78, 5) is 30.8. The summed E-state index contributed by atoms with van der Waals surface area (Å²) in [6.07, 6.45) is 7.04. The SMILES string of the molecule is Cc1c(-c2ccc(NC(=O)[C@@H](NC(=O)c3ccnn3C(C)C)C(C3CC3)C3CC3)nc2F)ccc[n+]1[O-]. The highest BCUT2D eigenvalue weighted by Gasteiger charge is 2.48. The van der Waals surface area contributed by atoms with Gasteiger partial charge in [0, 0.05) is 30.8 Å². The second-order valence-electron chi connectivity index (χ2n) is 10.3. The minimum atomic E-state index is -0.797. The van der Waals surface area contributed by atoms with Crippen LogP contribution in [0, 0.1) is 35.8 Å². The van der Waals surface area contributed by atoms with E-state index in [-0.39, 0.29) is 29.2 Å². The number of rotatable bonds is 9. The first-order valence-corrected chi connectivity index (χ1v) is 12.8. The Balaban J connectivity index is 1.39. The van der Waals surface area contributed by atoms with Crippen LogP contribution < -0.4 is 15.4 Å². The highest BCUT2D eigenvalue weighted by atomic mass is 19.1. The molecule has 0 aromatic carbocycles. The van der Waals surface area contributed by atoms with Crippen molar-refractivity contribution in [3.05, 3.63) is 65.3 Å². The zero-order valence-corrected chi connectivity index (χ0v) is 21.1. The fourth-order valence-corrected chi connectivity index (χ4v) is 5.11. The number of carbonyl (C=O) groups excluding carboxylic acids is 2. The van der Waals surface area contributed by atoms with Gasteiger partial charge in [-0.1, -0.05) is 0 Å². The van der Waals surface area contributed by atoms with Crippen LogP contribution in [0.4, 0.5) is 10.2 Å². The van der Waals surface area contributed by atoms with Crippen molar-refractivity contribution in [2.75, 3.05) is 5.32 Å². The molecule has 194 valence electrons. The fraction of sp³-hybridized carbons (Fsp3) is 0.444. The molecule has 2 N–H and O–H groups in total. The van der Waals surface area contributed by atoms with E-state index in [0.29, 0.717) is 33.5 Å². The molecule has 0 aliphatic heterocycles. The van der Waals surface area contributed by atoms with Crippen LogP contribution in [0.2, 0.25) is 0 Å². The molecule has 3 aromatic heterocycles. The molecule has 2 fully saturated rings. The number of aromatic nitrogens is 4. The number of hydrogen-bond donors (Lipinski definition) is 2. The molecule has 2 amide bonds. The normalized spacial score (nSPS) is 16.2. The molecule has 0 unspecified atom stereocenters. The summed E-state index contributed by atoms with van der Waals surface area (Å²) < 4.78 is 17.3. The molecule has 2 aliphatic rings. The molecule has 0 bridgehead atoms. The molecule has 2 saturated carbocycles. The predicted molar refractivity (Wildman–Crippen MR) is 135 cm³/mol. The topological polar surface area (TPSA) is 116 Å². The highest BCUT2D eigenvalue weighted by molar-refractivity contribution is 6.00. The summed E-state index contributed by atoms with van der Waals surface area (Å²) in [5, 5.41) is 21.8. The van der Waals surface area contributed by atoms with E-state index in [2.05, 4.69) is 20.7 Å². The van der Waals surface area contributed by atoms with Gasteiger partial charge >= 0.3 is 0 Å². The van der Waals surface area contributed by atoms with Gasteiger partial charge in [0.05, 0.1) is 5.56 Å². The van der Waals surface area contributed by atoms with E-state index in [1.165, 1.54) is 18.3 Å². The molecule has 10 heteroatoms. The van der Waals surface area contributed by atoms with Crippen LogP contribution in [0.5, 0.6) is 0 Å². The van der Waals surface area contributed by atoms with Gasteiger partial charge in [-0.3, -0.25) is 14.3 Å². The minimum Gasteiger partial charge on any atom is -0.618 e. The Morgan fingerprint density at radius 2 is 1.81 bits per heavy atom. The Hall–Kier alpha value is -3.82. The van der Waals surface area contributed by atoms with Crippen molar-refractivity contribution in [2.24, 2.45) is 17.8 Å². The van der Waals surface area contributed by atoms with Crippen LogP contribution >= 0.6 is 0 Å². The third-order valence-electron chi connectivity index (χ3n) is 7.27. The highest BCUT2D eigenvalue weighted by Crippen LogP contribution is 2.51. The predicted octanol–water partition coefficient (Wildman–Crippen LogP) is 3.78. The first kappa shape index (κ1) is 24.9. The van der Waals surface area contributed by atoms with E-state index >= 15 is 0 Å². The third kappa shape index (κ3) is 5.19. The van der Waals surface area contributed by atoms with Crippen molar-refractivity contribution in [3.8, 4) is 11.1 Å². The molecule has 0 spiro atoms. The average molecular weight is 507 g/mol. The van der Waals surface area contributed by atoms with Crippen molar-refractivity contribution in [1.29, 1.82) is 0 Å². The maximum absolute atomic E-state index is 15.0. The number of carbonyl (C=O) groups is 2. The largest absolute Gasteiger partial charge is 0.618 e. The fourth-order valence-electron chi connectivity index (χ4n) is 5.11. The number of amides is 2. The van der Waals surface area contributed by atoms with Crippen LogP contribution in [0.15, 0.2) is 42.7 Å². The lowest BCUT2D eigenvalue weighted by Gasteiger charge is -2.27. The van der Waals surface area contributed by atoms with Gasteiger partial charge in [0.15, 0.2) is 11.9 Å². The number of nitrogens with one attached hydrogen (secondary N) is 2. The molecule has 0 saturated heterocycles. The van der Waals surface area contributed by atoms with Gasteiger partial charge < -0.3 is 15.8 Å². The van der Waals surface area contributed by atoms with E-state index in [0.717, 1.165) is 25.7 Å². The van der Waals surface area contributed by atoms with Crippen molar-refractivity contribution in [1.82, 2.24) is 20.1 Å². The quantitative estimate of drug-likeness (QED) is 0.260. The molecule has 1 atom stereocenters. The minimum absolute atomic E-state index is 0.0132. The Kier molecular flexibility index (Phi) is 6.66. The second-order valence-corrected chi connectivity index (χ2v) is 10.3. The molecule has 0 radical (unpaired) electrons. The van der Waals surface area contributed by atoms with E-state index in [9.17, 15) is 19.2 Å². The summed E-state index contributed by atoms with van der Waals surface area (Å²) >= 11 is 0. The summed E-state index contributed by atoms with van der Waals surface area (Å²) in [5.74, 6) is -0.752. The summed E-state index contributed by atoms with van der Waals surface area (Å²) in [7, 11) is 0. The standard InChI is InChI=1S/C27H31FN6O3/c1-15(2)34-21(12-13-29-34)26(35)32-24(23(17-6-7-17)18-8-9-18)27(36)31-22-11-10-20(25(28)30-22)19-5-4-14-33(37)16(19)3/h4-5,10-15,17-18,23-24H,6-9H2,1-3H3,(H,32,35)(H,30,31,36)/t24-/m0/s1. The lowest BCUT2D eigenvalue weighted by molar-refractivity contribution is -0.611. The zero-order chi connectivity index (χ0) is 26.3. The number of nitrogens with zero attached hydrogens (tertiary/aromatic N) is 4. The Bertz CT molecular complexity index is 1320. The van der Waals surface area contributed by atoms with E-state index < -0.39 is 17.9 Å². The molecule has 37 heavy (non-hydrogen) atoms. The van der Waals surface area contributed by atoms with Crippen LogP contribution in [0.25, 0.3) is 11.1 Å². The maximum Gasteiger partial charge on any atom is 0.270 e. The smallest absolute Gasteiger partial charge is 0.270 e. The lowest BCUT2D eigenvalue weighted by Crippen LogP contribution is -2.50. The summed E-state index contributed by atoms with van der Waals surface area (Å²) in [6.45, 7) is 5.47. The Morgan fingerprint density at radius 1 is 1.11 bits per heavy atom. The zero-order valence-electron chi connectivity index (χ0n) is 21.1. The summed E-state index contributed by atoms with van der Waals surface area (Å²) in [6, 6.07) is 7.04. The van der Waals surface area contributed by atoms with Gasteiger partial charge in [-0.15, -0.1) is 0 Å². The second kappa shape index (κ2) is 9.91. The lowest BCUT2D eigenvalue weighted by atomic mass is 9.88. The van der Waals surface area contributed by atoms with Gasteiger partial charge in [0.2, 0.25) is 11.9 Å². The maximum atomic E-state index is 15.0. The van der Waals surface area contributed by atoms with Gasteiger partial charge in [-0.05, 0) is 81.5 Å². The van der Waals surface area contributed by atoms with Crippen molar-refractivity contribution >= 4 is 17.6 Å². The number of halogens is 1. The van der Waals surface area contributed by atoms with Crippen LogP contribution in [-0.4, -0.2) is 32.6 Å². The number of anilines is 1. The first-order valence-electron chi connectivity index (χ1n) is 12.8. The number of pyridine rings is 2. The molecule has 5 rings (SSSR count). The molecular weight excluding hydrogens is 475 g/mol.